The molecule has 0 saturated heterocycles. The fourth-order valence-electron chi connectivity index (χ4n) is 2.29. The number of nitrogens with one attached hydrogen (secondary N) is 1. The number of carbonyl (C=O) groups excluding carboxylic acids is 1. The highest BCUT2D eigenvalue weighted by atomic mass is 35.5. The second-order valence-corrected chi connectivity index (χ2v) is 5.99. The molecule has 1 atom stereocenters. The van der Waals surface area contributed by atoms with Gasteiger partial charge in [-0.05, 0) is 36.8 Å². The van der Waals surface area contributed by atoms with Crippen LogP contribution in [0.3, 0.4) is 0 Å². The Hall–Kier alpha value is -2.04. The van der Waals surface area contributed by atoms with Gasteiger partial charge in [-0.1, -0.05) is 29.3 Å². The molecule has 0 aliphatic carbocycles. The van der Waals surface area contributed by atoms with Crippen molar-refractivity contribution in [3.8, 4) is 5.75 Å². The van der Waals surface area contributed by atoms with Gasteiger partial charge in [0, 0.05) is 23.5 Å². The van der Waals surface area contributed by atoms with E-state index in [-0.39, 0.29) is 5.78 Å². The number of hydrogen-bond acceptors (Lipinski definition) is 4. The monoisotopic (exact) mass is 348 g/mol. The Bertz CT molecular complexity index is 776. The molecule has 4 nitrogen and oxygen atoms in total. The first-order chi connectivity index (χ1) is 11.0. The molecule has 23 heavy (non-hydrogen) atoms. The van der Waals surface area contributed by atoms with Crippen LogP contribution < -0.4 is 10.1 Å². The number of halogens is 2. The molecule has 1 aromatic carbocycles. The molecule has 1 aliphatic heterocycles. The summed E-state index contributed by atoms with van der Waals surface area (Å²) in [7, 11) is 0. The zero-order chi connectivity index (χ0) is 16.4. The fraction of sp³-hybridized carbons (Fsp3) is 0.176. The number of carbonyl (C=O) groups is 1. The number of benzene rings is 1. The van der Waals surface area contributed by atoms with Gasteiger partial charge in [-0.15, -0.1) is 0 Å². The highest BCUT2D eigenvalue weighted by Crippen LogP contribution is 2.37. The number of nitrogens with zero attached hydrogens (tertiary/aromatic N) is 1. The Morgan fingerprint density at radius 1 is 1.39 bits per heavy atom. The summed E-state index contributed by atoms with van der Waals surface area (Å²) < 4.78 is 5.73. The molecule has 0 bridgehead atoms. The van der Waals surface area contributed by atoms with Crippen molar-refractivity contribution in [3.05, 3.63) is 58.4 Å². The molecule has 0 radical (unpaired) electrons. The molecular formula is C17H14Cl2N2O2. The van der Waals surface area contributed by atoms with Gasteiger partial charge in [-0.3, -0.25) is 9.78 Å². The third-order valence-corrected chi connectivity index (χ3v) is 4.12. The number of alkyl halides is 1. The van der Waals surface area contributed by atoms with Crippen molar-refractivity contribution in [1.82, 2.24) is 4.98 Å². The summed E-state index contributed by atoms with van der Waals surface area (Å²) in [4.78, 5) is 15.8. The molecule has 1 aromatic heterocycles. The highest BCUT2D eigenvalue weighted by Gasteiger charge is 2.22. The number of Topliss-reactive ketones (excluding diaryl/α,β-unsaturated/α-hetero) is 1. The molecular weight excluding hydrogens is 335 g/mol. The van der Waals surface area contributed by atoms with Crippen LogP contribution in [0.1, 0.15) is 18.2 Å². The number of rotatable bonds is 4. The smallest absolute Gasteiger partial charge is 0.159 e. The Kier molecular flexibility index (Phi) is 4.55. The van der Waals surface area contributed by atoms with E-state index in [1.807, 2.05) is 18.2 Å². The van der Waals surface area contributed by atoms with Gasteiger partial charge >= 0.3 is 0 Å². The lowest BCUT2D eigenvalue weighted by molar-refractivity contribution is -0.113. The predicted molar refractivity (Wildman–Crippen MR) is 91.9 cm³/mol. The van der Waals surface area contributed by atoms with Crippen LogP contribution in [-0.2, 0) is 11.4 Å². The number of fused-ring (bicyclic) bond motifs is 1. The van der Waals surface area contributed by atoms with Crippen molar-refractivity contribution in [2.45, 2.75) is 19.0 Å². The first-order valence-electron chi connectivity index (χ1n) is 7.04. The quantitative estimate of drug-likeness (QED) is 0.661. The van der Waals surface area contributed by atoms with Crippen molar-refractivity contribution in [3.63, 3.8) is 0 Å². The zero-order valence-electron chi connectivity index (χ0n) is 12.3. The Labute approximate surface area is 144 Å². The summed E-state index contributed by atoms with van der Waals surface area (Å²) in [6, 6.07) is 9.15. The number of hydrogen-bond donors (Lipinski definition) is 1. The van der Waals surface area contributed by atoms with E-state index < -0.39 is 5.50 Å². The molecule has 3 rings (SSSR count). The summed E-state index contributed by atoms with van der Waals surface area (Å²) in [6.07, 6.45) is 3.46. The van der Waals surface area contributed by atoms with E-state index >= 15 is 0 Å². The number of ketones is 1. The van der Waals surface area contributed by atoms with Gasteiger partial charge in [0.1, 0.15) is 17.9 Å². The molecule has 1 N–H and O–H groups in total. The molecule has 1 aliphatic rings. The van der Waals surface area contributed by atoms with Crippen molar-refractivity contribution in [2.75, 3.05) is 5.32 Å². The SMILES string of the molecule is CC(=O)C1=Cc2cc(Cl)c(OCc3ccccn3)cc2NC1Cl. The highest BCUT2D eigenvalue weighted by molar-refractivity contribution is 6.32. The first-order valence-corrected chi connectivity index (χ1v) is 7.85. The van der Waals surface area contributed by atoms with Gasteiger partial charge in [0.05, 0.1) is 10.7 Å². The second kappa shape index (κ2) is 6.60. The molecule has 0 saturated carbocycles. The van der Waals surface area contributed by atoms with E-state index in [1.54, 1.807) is 24.4 Å². The lowest BCUT2D eigenvalue weighted by atomic mass is 10.0. The summed E-state index contributed by atoms with van der Waals surface area (Å²) >= 11 is 12.5. The summed E-state index contributed by atoms with van der Waals surface area (Å²) in [6.45, 7) is 1.80. The first kappa shape index (κ1) is 15.8. The Morgan fingerprint density at radius 3 is 2.91 bits per heavy atom. The van der Waals surface area contributed by atoms with Crippen LogP contribution in [0.25, 0.3) is 6.08 Å². The van der Waals surface area contributed by atoms with E-state index in [0.717, 1.165) is 16.9 Å². The molecule has 2 heterocycles. The molecule has 118 valence electrons. The molecule has 1 unspecified atom stereocenters. The van der Waals surface area contributed by atoms with Crippen molar-refractivity contribution < 1.29 is 9.53 Å². The van der Waals surface area contributed by atoms with E-state index in [4.69, 9.17) is 27.9 Å². The summed E-state index contributed by atoms with van der Waals surface area (Å²) in [5.41, 5.74) is 2.34. The fourth-order valence-corrected chi connectivity index (χ4v) is 2.85. The molecule has 0 spiro atoms. The van der Waals surface area contributed by atoms with Gasteiger partial charge in [0.15, 0.2) is 5.78 Å². The van der Waals surface area contributed by atoms with Crippen LogP contribution in [0.4, 0.5) is 5.69 Å². The van der Waals surface area contributed by atoms with Crippen LogP contribution in [0.2, 0.25) is 5.02 Å². The maximum Gasteiger partial charge on any atom is 0.159 e. The molecule has 2 aromatic rings. The molecule has 6 heteroatoms. The Balaban J connectivity index is 1.85. The maximum absolute atomic E-state index is 11.6. The van der Waals surface area contributed by atoms with E-state index in [2.05, 4.69) is 10.3 Å². The van der Waals surface area contributed by atoms with Crippen LogP contribution >= 0.6 is 23.2 Å². The number of ether oxygens (including phenoxy) is 1. The van der Waals surface area contributed by atoms with Gasteiger partial charge < -0.3 is 10.1 Å². The minimum atomic E-state index is -0.565. The van der Waals surface area contributed by atoms with Crippen LogP contribution in [0.15, 0.2) is 42.1 Å². The van der Waals surface area contributed by atoms with Crippen LogP contribution in [-0.4, -0.2) is 16.3 Å². The average molecular weight is 349 g/mol. The second-order valence-electron chi connectivity index (χ2n) is 5.14. The standard InChI is InChI=1S/C17H14Cl2N2O2/c1-10(22)13-6-11-7-14(18)16(8-15(11)21-17(13)19)23-9-12-4-2-3-5-20-12/h2-8,17,21H,9H2,1H3. The summed E-state index contributed by atoms with van der Waals surface area (Å²) in [5.74, 6) is 0.460. The third kappa shape index (κ3) is 3.49. The maximum atomic E-state index is 11.6. The molecule has 0 fully saturated rings. The average Bonchev–Trinajstić information content (AvgIpc) is 2.53. The minimum Gasteiger partial charge on any atom is -0.486 e. The van der Waals surface area contributed by atoms with Gasteiger partial charge in [0.25, 0.3) is 0 Å². The van der Waals surface area contributed by atoms with E-state index in [1.165, 1.54) is 6.92 Å². The number of anilines is 1. The minimum absolute atomic E-state index is 0.0743. The van der Waals surface area contributed by atoms with Crippen molar-refractivity contribution >= 4 is 40.7 Å². The number of pyridine rings is 1. The largest absolute Gasteiger partial charge is 0.486 e. The predicted octanol–water partition coefficient (Wildman–Crippen LogP) is 4.28. The Morgan fingerprint density at radius 2 is 2.22 bits per heavy atom. The summed E-state index contributed by atoms with van der Waals surface area (Å²) in [5, 5.41) is 3.55. The van der Waals surface area contributed by atoms with Gasteiger partial charge in [-0.25, -0.2) is 0 Å². The van der Waals surface area contributed by atoms with Crippen molar-refractivity contribution in [1.29, 1.82) is 0 Å². The third-order valence-electron chi connectivity index (χ3n) is 3.48. The topological polar surface area (TPSA) is 51.2 Å². The van der Waals surface area contributed by atoms with E-state index in [0.29, 0.717) is 23.0 Å². The van der Waals surface area contributed by atoms with Crippen LogP contribution in [0.5, 0.6) is 5.75 Å². The van der Waals surface area contributed by atoms with Crippen molar-refractivity contribution in [2.24, 2.45) is 0 Å². The lowest BCUT2D eigenvalue weighted by Crippen LogP contribution is -2.23. The molecule has 0 amide bonds. The van der Waals surface area contributed by atoms with Crippen LogP contribution in [0, 0.1) is 0 Å². The number of aromatic nitrogens is 1. The normalized spacial score (nSPS) is 16.1. The van der Waals surface area contributed by atoms with Gasteiger partial charge in [0.2, 0.25) is 0 Å². The van der Waals surface area contributed by atoms with Gasteiger partial charge in [-0.2, -0.15) is 0 Å². The van der Waals surface area contributed by atoms with E-state index in [9.17, 15) is 4.79 Å². The zero-order valence-corrected chi connectivity index (χ0v) is 13.9. The lowest BCUT2D eigenvalue weighted by Gasteiger charge is -2.23.